The number of nitrogens with one attached hydrogen (secondary N) is 1. The molecule has 1 N–H and O–H groups in total. The maximum atomic E-state index is 13.9. The van der Waals surface area contributed by atoms with Crippen molar-refractivity contribution in [3.8, 4) is 5.75 Å². The van der Waals surface area contributed by atoms with E-state index in [1.54, 1.807) is 18.2 Å². The Morgan fingerprint density at radius 1 is 1.20 bits per heavy atom. The van der Waals surface area contributed by atoms with Gasteiger partial charge in [0.15, 0.2) is 6.61 Å². The van der Waals surface area contributed by atoms with Crippen LogP contribution in [0.1, 0.15) is 11.1 Å². The van der Waals surface area contributed by atoms with E-state index in [4.69, 9.17) is 4.74 Å². The van der Waals surface area contributed by atoms with Gasteiger partial charge in [0.2, 0.25) is 0 Å². The highest BCUT2D eigenvalue weighted by molar-refractivity contribution is 14.1. The van der Waals surface area contributed by atoms with Crippen LogP contribution >= 0.6 is 45.2 Å². The predicted octanol–water partition coefficient (Wildman–Crippen LogP) is 3.68. The highest BCUT2D eigenvalue weighted by Gasteiger charge is 2.34. The third-order valence-corrected chi connectivity index (χ3v) is 5.74. The number of nitrogens with zero attached hydrogens (tertiary/aromatic N) is 1. The summed E-state index contributed by atoms with van der Waals surface area (Å²) < 4.78 is 25.4. The van der Waals surface area contributed by atoms with Crippen LogP contribution in [0.25, 0.3) is 6.08 Å². The molecular weight excluding hydrogens is 621 g/mol. The molecule has 3 amide bonds. The molecule has 1 heterocycles. The summed E-state index contributed by atoms with van der Waals surface area (Å²) in [5.41, 5.74) is 0.996. The molecule has 0 radical (unpaired) electrons. The summed E-state index contributed by atoms with van der Waals surface area (Å²) in [4.78, 5) is 37.1. The van der Waals surface area contributed by atoms with E-state index in [1.165, 1.54) is 31.4 Å². The van der Waals surface area contributed by atoms with Gasteiger partial charge in [-0.05, 0) is 75.0 Å². The van der Waals surface area contributed by atoms with E-state index in [1.807, 2.05) is 0 Å². The van der Waals surface area contributed by atoms with Gasteiger partial charge in [0.25, 0.3) is 5.91 Å². The quantitative estimate of drug-likeness (QED) is 0.227. The van der Waals surface area contributed by atoms with Gasteiger partial charge in [-0.15, -0.1) is 0 Å². The number of amides is 3. The number of urea groups is 1. The number of carbonyl (C=O) groups excluding carboxylic acids is 3. The average Bonchev–Trinajstić information content (AvgIpc) is 2.96. The van der Waals surface area contributed by atoms with E-state index in [9.17, 15) is 18.8 Å². The second-order valence-corrected chi connectivity index (χ2v) is 8.47. The Balaban J connectivity index is 1.80. The molecule has 0 saturated carbocycles. The fraction of sp³-hybridized carbons (Fsp3) is 0.150. The summed E-state index contributed by atoms with van der Waals surface area (Å²) in [6.07, 6.45) is 1.54. The monoisotopic (exact) mass is 636 g/mol. The summed E-state index contributed by atoms with van der Waals surface area (Å²) in [5.74, 6) is -1.00. The zero-order chi connectivity index (χ0) is 21.8. The van der Waals surface area contributed by atoms with Gasteiger partial charge < -0.3 is 14.8 Å². The highest BCUT2D eigenvalue weighted by atomic mass is 127. The number of esters is 1. The Kier molecular flexibility index (Phi) is 7.28. The number of carbonyl (C=O) groups is 3. The van der Waals surface area contributed by atoms with E-state index in [0.29, 0.717) is 11.3 Å². The maximum absolute atomic E-state index is 13.9. The van der Waals surface area contributed by atoms with Crippen molar-refractivity contribution >= 4 is 69.2 Å². The molecule has 0 aliphatic carbocycles. The molecule has 156 valence electrons. The van der Waals surface area contributed by atoms with Gasteiger partial charge in [-0.2, -0.15) is 0 Å². The Labute approximate surface area is 198 Å². The van der Waals surface area contributed by atoms with Crippen LogP contribution in [-0.4, -0.2) is 36.5 Å². The smallest absolute Gasteiger partial charge is 0.343 e. The van der Waals surface area contributed by atoms with Gasteiger partial charge in [0.05, 0.1) is 20.8 Å². The van der Waals surface area contributed by atoms with Crippen LogP contribution in [0, 0.1) is 13.0 Å². The van der Waals surface area contributed by atoms with E-state index in [0.717, 1.165) is 12.0 Å². The summed E-state index contributed by atoms with van der Waals surface area (Å²) in [6.45, 7) is -0.382. The lowest BCUT2D eigenvalue weighted by molar-refractivity contribution is -0.143. The number of halogens is 3. The fourth-order valence-electron chi connectivity index (χ4n) is 2.67. The number of imide groups is 1. The van der Waals surface area contributed by atoms with Gasteiger partial charge in [-0.25, -0.2) is 14.0 Å². The van der Waals surface area contributed by atoms with Crippen LogP contribution in [0.2, 0.25) is 0 Å². The van der Waals surface area contributed by atoms with Crippen molar-refractivity contribution in [3.63, 3.8) is 0 Å². The Hall–Kier alpha value is -2.22. The molecule has 2 aromatic carbocycles. The van der Waals surface area contributed by atoms with Gasteiger partial charge in [0, 0.05) is 5.56 Å². The van der Waals surface area contributed by atoms with Crippen LogP contribution < -0.4 is 10.1 Å². The lowest BCUT2D eigenvalue weighted by Crippen LogP contribution is -2.30. The Morgan fingerprint density at radius 2 is 1.87 bits per heavy atom. The number of rotatable bonds is 6. The third-order valence-electron chi connectivity index (χ3n) is 4.14. The van der Waals surface area contributed by atoms with Crippen molar-refractivity contribution in [2.24, 2.45) is 0 Å². The molecule has 1 saturated heterocycles. The zero-order valence-corrected chi connectivity index (χ0v) is 19.9. The first-order chi connectivity index (χ1) is 14.3. The normalized spacial score (nSPS) is 14.8. The maximum Gasteiger partial charge on any atom is 0.343 e. The van der Waals surface area contributed by atoms with Crippen LogP contribution in [0.5, 0.6) is 5.75 Å². The SMILES string of the molecule is COC(=O)COc1c(I)cc(/C=C2/NC(=O)N(Cc3ccccc3F)C2=O)cc1I. The second kappa shape index (κ2) is 9.73. The van der Waals surface area contributed by atoms with Crippen LogP contribution in [0.4, 0.5) is 9.18 Å². The van der Waals surface area contributed by atoms with Crippen molar-refractivity contribution in [3.05, 3.63) is 66.2 Å². The molecule has 1 aliphatic rings. The fourth-order valence-corrected chi connectivity index (χ4v) is 4.80. The lowest BCUT2D eigenvalue weighted by atomic mass is 10.1. The van der Waals surface area contributed by atoms with Crippen molar-refractivity contribution < 1.29 is 28.2 Å². The van der Waals surface area contributed by atoms with E-state index >= 15 is 0 Å². The van der Waals surface area contributed by atoms with E-state index in [2.05, 4.69) is 55.2 Å². The van der Waals surface area contributed by atoms with Crippen molar-refractivity contribution in [1.29, 1.82) is 0 Å². The minimum absolute atomic E-state index is 0.0890. The third kappa shape index (κ3) is 5.09. The van der Waals surface area contributed by atoms with Crippen molar-refractivity contribution in [1.82, 2.24) is 10.2 Å². The van der Waals surface area contributed by atoms with Gasteiger partial charge in [-0.1, -0.05) is 18.2 Å². The van der Waals surface area contributed by atoms with Gasteiger partial charge >= 0.3 is 12.0 Å². The molecule has 0 bridgehead atoms. The number of hydrogen-bond donors (Lipinski definition) is 1. The lowest BCUT2D eigenvalue weighted by Gasteiger charge is -2.12. The topological polar surface area (TPSA) is 84.9 Å². The van der Waals surface area contributed by atoms with Crippen molar-refractivity contribution in [2.75, 3.05) is 13.7 Å². The average molecular weight is 636 g/mol. The molecule has 0 unspecified atom stereocenters. The molecule has 10 heteroatoms. The van der Waals surface area contributed by atoms with E-state index in [-0.39, 0.29) is 24.4 Å². The summed E-state index contributed by atoms with van der Waals surface area (Å²) in [5, 5.41) is 2.52. The predicted molar refractivity (Wildman–Crippen MR) is 123 cm³/mol. The minimum Gasteiger partial charge on any atom is -0.480 e. The molecule has 0 aromatic heterocycles. The Bertz CT molecular complexity index is 1030. The van der Waals surface area contributed by atoms with Crippen molar-refractivity contribution in [2.45, 2.75) is 6.54 Å². The molecule has 0 spiro atoms. The molecule has 1 fully saturated rings. The number of hydrogen-bond acceptors (Lipinski definition) is 5. The van der Waals surface area contributed by atoms with E-state index < -0.39 is 23.7 Å². The first kappa shape index (κ1) is 22.5. The van der Waals surface area contributed by atoms with Crippen LogP contribution in [0.3, 0.4) is 0 Å². The zero-order valence-electron chi connectivity index (χ0n) is 15.6. The molecule has 2 aromatic rings. The number of ether oxygens (including phenoxy) is 2. The Morgan fingerprint density at radius 3 is 2.50 bits per heavy atom. The molecule has 30 heavy (non-hydrogen) atoms. The summed E-state index contributed by atoms with van der Waals surface area (Å²) in [7, 11) is 1.28. The van der Waals surface area contributed by atoms with Gasteiger partial charge in [-0.3, -0.25) is 9.69 Å². The summed E-state index contributed by atoms with van der Waals surface area (Å²) in [6, 6.07) is 8.87. The first-order valence-corrected chi connectivity index (χ1v) is 10.7. The largest absolute Gasteiger partial charge is 0.480 e. The second-order valence-electron chi connectivity index (χ2n) is 6.15. The molecule has 0 atom stereocenters. The number of benzene rings is 2. The molecular formula is C20H15FI2N2O5. The van der Waals surface area contributed by atoms with Gasteiger partial charge in [0.1, 0.15) is 17.3 Å². The minimum atomic E-state index is -0.614. The summed E-state index contributed by atoms with van der Waals surface area (Å²) >= 11 is 4.11. The standard InChI is InChI=1S/C20H15FI2N2O5/c1-29-17(26)10-30-18-14(22)6-11(7-15(18)23)8-16-19(27)25(20(28)24-16)9-12-4-2-3-5-13(12)21/h2-8H,9-10H2,1H3,(H,24,28)/b16-8+. The molecule has 3 rings (SSSR count). The first-order valence-electron chi connectivity index (χ1n) is 8.56. The molecule has 7 nitrogen and oxygen atoms in total. The highest BCUT2D eigenvalue weighted by Crippen LogP contribution is 2.30. The number of methoxy groups -OCH3 is 1. The molecule has 1 aliphatic heterocycles. The van der Waals surface area contributed by atoms with Crippen LogP contribution in [-0.2, 0) is 20.9 Å². The van der Waals surface area contributed by atoms with Crippen LogP contribution in [0.15, 0.2) is 42.1 Å².